The SMILES string of the molecule is C.C.CC.CC.CC.CC.CCC.CCC.[3H][B].[3H][B].[Fm].[Fm]. The monoisotopic (exact) mass is 783 g/mol. The minimum atomic E-state index is 0. The fraction of sp³-hybridized carbons (Fsp3) is 1.00. The summed E-state index contributed by atoms with van der Waals surface area (Å²) in [4.78, 5) is 0. The molecule has 0 heterocycles. The Hall–Kier alpha value is -1.87. The molecular weight excluding hydrogens is 728 g/mol. The summed E-state index contributed by atoms with van der Waals surface area (Å²) in [6.07, 6.45) is 2.50. The zero-order chi connectivity index (χ0) is 17.4. The maximum atomic E-state index is 5.25. The molecule has 0 bridgehead atoms. The second kappa shape index (κ2) is 264000. The van der Waals surface area contributed by atoms with E-state index in [1.807, 2.05) is 55.4 Å². The Kier molecular flexibility index (Phi) is 1060000. The van der Waals surface area contributed by atoms with Crippen LogP contribution in [0.1, 0.15) is 111 Å². The average Bonchev–Trinajstić information content (AvgIpc) is 2.52. The summed E-state index contributed by atoms with van der Waals surface area (Å²) in [6, 6.07) is 0. The van der Waals surface area contributed by atoms with Gasteiger partial charge in [-0.25, -0.2) is 0 Å². The van der Waals surface area contributed by atoms with Crippen molar-refractivity contribution >= 4 is 16.8 Å². The van der Waals surface area contributed by atoms with Gasteiger partial charge in [-0.15, -0.1) is 0 Å². The Morgan fingerprint density at radius 3 is 0.500 bits per heavy atom. The van der Waals surface area contributed by atoms with Crippen molar-refractivity contribution in [3.63, 3.8) is 0 Å². The summed E-state index contributed by atoms with van der Waals surface area (Å²) in [7, 11) is 7.50. The molecule has 0 aromatic carbocycles. The van der Waals surface area contributed by atoms with Crippen LogP contribution in [0.15, 0.2) is 0 Å². The second-order valence-corrected chi connectivity index (χ2v) is 1.41. The van der Waals surface area contributed by atoms with Gasteiger partial charge in [0.1, 0.15) is 0 Å². The van der Waals surface area contributed by atoms with E-state index in [2.05, 4.69) is 44.4 Å². The van der Waals surface area contributed by atoms with Crippen LogP contribution in [0.3, 0.4) is 0 Å². The molecule has 0 aliphatic rings. The molecule has 0 N–H and O–H groups in total. The van der Waals surface area contributed by atoms with Crippen molar-refractivity contribution in [2.75, 3.05) is 0 Å². The smallest absolute Gasteiger partial charge is 0.0379 e. The van der Waals surface area contributed by atoms with Crippen LogP contribution >= 0.6 is 0 Å². The van der Waals surface area contributed by atoms with Gasteiger partial charge in [-0.1, -0.05) is 111 Å². The van der Waals surface area contributed by atoms with Gasteiger partial charge in [0.2, 0.25) is 0 Å². The van der Waals surface area contributed by atoms with Crippen molar-refractivity contribution in [3.05, 3.63) is 0 Å². The van der Waals surface area contributed by atoms with E-state index in [-0.39, 0.29) is 14.9 Å². The molecule has 20 heavy (non-hydrogen) atoms. The van der Waals surface area contributed by atoms with Gasteiger partial charge in [0, 0.05) is 16.8 Å². The third kappa shape index (κ3) is 1060. The Bertz CT molecular complexity index is 30.1. The summed E-state index contributed by atoms with van der Waals surface area (Å²) in [5.74, 6) is 0. The fourth-order valence-electron chi connectivity index (χ4n) is 0. The molecule has 0 rings (SSSR count). The minimum absolute atomic E-state index is 0. The number of rotatable bonds is 0. The first-order chi connectivity index (χ1) is 8.83. The molecular formula is C16H50B2Fm2. The number of hydrogen-bond acceptors (Lipinski definition) is 0. The Morgan fingerprint density at radius 2 is 0.500 bits per heavy atom. The van der Waals surface area contributed by atoms with Crippen molar-refractivity contribution < 1.29 is 0 Å². The summed E-state index contributed by atoms with van der Waals surface area (Å²) < 4.78 is 10.5. The Labute approximate surface area is 131 Å². The molecule has 0 amide bonds. The fourth-order valence-corrected chi connectivity index (χ4v) is 0. The van der Waals surface area contributed by atoms with Crippen LogP contribution in [-0.2, 0) is 0 Å². The first-order valence-electron chi connectivity index (χ1n) is 7.98. The van der Waals surface area contributed by atoms with E-state index in [9.17, 15) is 0 Å². The molecule has 144 valence electrons. The van der Waals surface area contributed by atoms with E-state index in [0.29, 0.717) is 0 Å². The van der Waals surface area contributed by atoms with Crippen molar-refractivity contribution in [3.8, 4) is 0 Å². The molecule has 0 aromatic rings. The zero-order valence-corrected chi connectivity index (χ0v) is 20.0. The maximum absolute atomic E-state index is 5.25. The summed E-state index contributed by atoms with van der Waals surface area (Å²) in [5, 5.41) is 0. The maximum Gasteiger partial charge on any atom is 0.0379 e. The molecule has 0 aliphatic carbocycles. The first kappa shape index (κ1) is 80.5. The molecule has 0 fully saturated rings. The van der Waals surface area contributed by atoms with E-state index in [1.165, 1.54) is 12.8 Å². The van der Waals surface area contributed by atoms with Crippen molar-refractivity contribution in [2.45, 2.75) is 111 Å². The van der Waals surface area contributed by atoms with Gasteiger partial charge in [-0.05, 0) is 2.67 Å². The average molecular weight is 782 g/mol. The van der Waals surface area contributed by atoms with E-state index in [1.54, 1.807) is 0 Å². The summed E-state index contributed by atoms with van der Waals surface area (Å²) in [5.41, 5.74) is 0. The largest absolute Gasteiger partial charge is 0.0776 e. The molecule has 0 saturated heterocycles. The predicted molar refractivity (Wildman–Crippen MR) is 105 cm³/mol. The molecule has 0 aliphatic heterocycles. The van der Waals surface area contributed by atoms with Gasteiger partial charge >= 0.3 is 0 Å². The van der Waals surface area contributed by atoms with E-state index < -0.39 is 0 Å². The van der Waals surface area contributed by atoms with Crippen LogP contribution in [0, 0.1) is 0 Å². The topological polar surface area (TPSA) is 0 Å². The van der Waals surface area contributed by atoms with Crippen LogP contribution in [0.5, 0.6) is 0 Å². The summed E-state index contributed by atoms with van der Waals surface area (Å²) >= 11 is 0. The second-order valence-electron chi connectivity index (χ2n) is 1.41. The quantitative estimate of drug-likeness (QED) is 0.235. The van der Waals surface area contributed by atoms with E-state index in [4.69, 9.17) is 2.67 Å². The van der Waals surface area contributed by atoms with E-state index in [0.717, 1.165) is 0 Å². The standard InChI is InChI=1S/2C3H8.4C2H6.2CH4.2BH.2Fm/c2*1-3-2;4*1-2;;;;;;/h2*3H2,1-2H3;4*1-2H3;2*1H4;2*1H;;/i;;;;;;;;2*1T;;. The van der Waals surface area contributed by atoms with Crippen molar-refractivity contribution in [2.24, 2.45) is 0 Å². The van der Waals surface area contributed by atoms with E-state index >= 15 is 0 Å². The molecule has 0 unspecified atom stereocenters. The minimum Gasteiger partial charge on any atom is -0.0776 e. The van der Waals surface area contributed by atoms with Crippen molar-refractivity contribution in [1.29, 1.82) is 2.67 Å². The molecule has 0 atom stereocenters. The van der Waals surface area contributed by atoms with Crippen LogP contribution in [0.2, 0.25) is 0 Å². The Morgan fingerprint density at radius 1 is 0.500 bits per heavy atom. The third-order valence-corrected chi connectivity index (χ3v) is 0. The van der Waals surface area contributed by atoms with Crippen molar-refractivity contribution in [1.82, 2.24) is 0 Å². The van der Waals surface area contributed by atoms with Crippen LogP contribution in [0.25, 0.3) is 0 Å². The molecule has 4 radical (unpaired) electrons. The van der Waals surface area contributed by atoms with Gasteiger partial charge in [0.25, 0.3) is 0 Å². The van der Waals surface area contributed by atoms with Gasteiger partial charge in [0.15, 0.2) is 0 Å². The zero-order valence-electron chi connectivity index (χ0n) is 17.1. The van der Waals surface area contributed by atoms with Gasteiger partial charge in [-0.2, -0.15) is 0 Å². The molecule has 0 saturated carbocycles. The number of hydrogen-bond donors (Lipinski definition) is 0. The molecule has 0 nitrogen and oxygen atoms in total. The third-order valence-electron chi connectivity index (χ3n) is 0. The first-order valence-corrected chi connectivity index (χ1v) is 6.83. The normalized spacial score (nSPS) is 3.60. The van der Waals surface area contributed by atoms with Crippen LogP contribution < -0.4 is 0 Å². The van der Waals surface area contributed by atoms with Crippen LogP contribution in [0.4, 0.5) is 0 Å². The van der Waals surface area contributed by atoms with Gasteiger partial charge in [0.05, 0.1) is 0 Å². The molecule has 0 spiro atoms. The molecule has 0 aromatic heterocycles. The Balaban J connectivity index is -0.00000000511. The van der Waals surface area contributed by atoms with Crippen LogP contribution in [-0.4, -0.2) is 19.4 Å². The van der Waals surface area contributed by atoms with Gasteiger partial charge in [-0.3, -0.25) is 0 Å². The summed E-state index contributed by atoms with van der Waals surface area (Å²) in [6.45, 7) is 24.5. The molecule has 4 heteroatoms. The van der Waals surface area contributed by atoms with Gasteiger partial charge < -0.3 is 0 Å². The predicted octanol–water partition coefficient (Wildman–Crippen LogP) is 6.91.